The second kappa shape index (κ2) is 7.90. The minimum Gasteiger partial charge on any atom is -0.390 e. The van der Waals surface area contributed by atoms with Crippen molar-refractivity contribution in [2.24, 2.45) is 40.9 Å². The fourth-order valence-electron chi connectivity index (χ4n) is 9.06. The van der Waals surface area contributed by atoms with Crippen LogP contribution in [-0.2, 0) is 11.3 Å². The normalized spacial score (nSPS) is 42.5. The maximum absolute atomic E-state index is 13.5. The van der Waals surface area contributed by atoms with Gasteiger partial charge in [0.1, 0.15) is 11.0 Å². The van der Waals surface area contributed by atoms with Gasteiger partial charge in [0, 0.05) is 12.1 Å². The lowest BCUT2D eigenvalue weighted by molar-refractivity contribution is -0.133. The number of nitrogens with zero attached hydrogens (tertiary/aromatic N) is 3. The molecule has 4 aliphatic carbocycles. The summed E-state index contributed by atoms with van der Waals surface area (Å²) in [6, 6.07) is 3.85. The zero-order chi connectivity index (χ0) is 22.8. The second-order valence-corrected chi connectivity index (χ2v) is 12.1. The van der Waals surface area contributed by atoms with Crippen molar-refractivity contribution in [1.29, 1.82) is 0 Å². The van der Waals surface area contributed by atoms with Gasteiger partial charge in [-0.25, -0.2) is 0 Å². The molecule has 0 radical (unpaired) electrons. The van der Waals surface area contributed by atoms with Crippen molar-refractivity contribution in [2.45, 2.75) is 90.2 Å². The Morgan fingerprint density at radius 1 is 1.09 bits per heavy atom. The Labute approximate surface area is 197 Å². The summed E-state index contributed by atoms with van der Waals surface area (Å²) in [4.78, 5) is 17.9. The third-order valence-corrected chi connectivity index (χ3v) is 10.8. The molecule has 8 atom stereocenters. The zero-order valence-electron chi connectivity index (χ0n) is 20.2. The van der Waals surface area contributed by atoms with E-state index in [0.717, 1.165) is 60.4 Å². The lowest BCUT2D eigenvalue weighted by Crippen LogP contribution is -2.51. The lowest BCUT2D eigenvalue weighted by Gasteiger charge is -2.57. The third-order valence-electron chi connectivity index (χ3n) is 10.8. The first kappa shape index (κ1) is 21.8. The molecule has 0 bridgehead atoms. The van der Waals surface area contributed by atoms with E-state index in [1.54, 1.807) is 6.20 Å². The molecular weight excluding hydrogens is 410 g/mol. The van der Waals surface area contributed by atoms with Crippen molar-refractivity contribution in [1.82, 2.24) is 14.8 Å². The number of ketones is 1. The molecule has 1 N–H and O–H groups in total. The van der Waals surface area contributed by atoms with Gasteiger partial charge in [-0.15, -0.1) is 0 Å². The fraction of sp³-hybridized carbons (Fsp3) is 0.750. The van der Waals surface area contributed by atoms with Gasteiger partial charge in [-0.05, 0) is 111 Å². The lowest BCUT2D eigenvalue weighted by atomic mass is 9.48. The number of aromatic nitrogens is 3. The van der Waals surface area contributed by atoms with Crippen LogP contribution in [0.15, 0.2) is 24.5 Å². The molecule has 6 rings (SSSR count). The fourth-order valence-corrected chi connectivity index (χ4v) is 9.06. The van der Waals surface area contributed by atoms with Gasteiger partial charge in [-0.1, -0.05) is 13.8 Å². The molecule has 5 heteroatoms. The minimum atomic E-state index is -0.408. The number of carbonyl (C=O) groups is 1. The van der Waals surface area contributed by atoms with E-state index in [-0.39, 0.29) is 11.3 Å². The molecule has 0 aromatic carbocycles. The van der Waals surface area contributed by atoms with Crippen LogP contribution >= 0.6 is 0 Å². The Morgan fingerprint density at radius 3 is 2.76 bits per heavy atom. The Hall–Kier alpha value is -1.75. The molecule has 2 heterocycles. The molecule has 4 fully saturated rings. The number of fused-ring (bicyclic) bond motifs is 6. The number of carbonyl (C=O) groups excluding carboxylic acids is 1. The highest BCUT2D eigenvalue weighted by atomic mass is 16.3. The highest BCUT2D eigenvalue weighted by molar-refractivity contribution is 5.82. The molecule has 178 valence electrons. The maximum atomic E-state index is 13.5. The Kier molecular flexibility index (Phi) is 5.21. The van der Waals surface area contributed by atoms with Crippen LogP contribution in [0.5, 0.6) is 0 Å². The van der Waals surface area contributed by atoms with E-state index in [0.29, 0.717) is 18.2 Å². The summed E-state index contributed by atoms with van der Waals surface area (Å²) in [5.41, 5.74) is 1.46. The molecule has 0 aliphatic heterocycles. The highest BCUT2D eigenvalue weighted by Crippen LogP contribution is 2.64. The number of pyridine rings is 1. The summed E-state index contributed by atoms with van der Waals surface area (Å²) < 4.78 is 1.81. The van der Waals surface area contributed by atoms with Crippen molar-refractivity contribution < 1.29 is 9.90 Å². The molecule has 0 saturated heterocycles. The van der Waals surface area contributed by atoms with Crippen LogP contribution in [0.3, 0.4) is 0 Å². The van der Waals surface area contributed by atoms with E-state index in [4.69, 9.17) is 0 Å². The molecule has 4 saturated carbocycles. The quantitative estimate of drug-likeness (QED) is 0.678. The molecule has 4 aliphatic rings. The van der Waals surface area contributed by atoms with Crippen molar-refractivity contribution in [3.8, 4) is 0 Å². The highest BCUT2D eigenvalue weighted by Gasteiger charge is 2.58. The summed E-state index contributed by atoms with van der Waals surface area (Å²) in [5, 5.41) is 15.5. The smallest absolute Gasteiger partial charge is 0.157 e. The van der Waals surface area contributed by atoms with Gasteiger partial charge in [0.15, 0.2) is 5.78 Å². The van der Waals surface area contributed by atoms with Gasteiger partial charge in [0.25, 0.3) is 0 Å². The predicted octanol–water partition coefficient (Wildman–Crippen LogP) is 5.41. The third kappa shape index (κ3) is 3.48. The molecule has 5 nitrogen and oxygen atoms in total. The number of rotatable bonds is 4. The molecule has 0 spiro atoms. The number of aliphatic hydroxyl groups is 1. The summed E-state index contributed by atoms with van der Waals surface area (Å²) in [7, 11) is 0. The molecule has 2 aromatic rings. The first-order chi connectivity index (χ1) is 15.9. The SMILES string of the molecule is CCC1(O)CCC2C(CCC3C2CCC2(C)C(C(=O)Cn4cc5ncccc5n4)CCC32)C1. The van der Waals surface area contributed by atoms with Crippen LogP contribution in [0.4, 0.5) is 0 Å². The van der Waals surface area contributed by atoms with Crippen molar-refractivity contribution in [3.63, 3.8) is 0 Å². The van der Waals surface area contributed by atoms with E-state index in [1.807, 2.05) is 23.0 Å². The molecule has 0 amide bonds. The Bertz CT molecular complexity index is 1020. The van der Waals surface area contributed by atoms with Gasteiger partial charge in [0.05, 0.1) is 18.3 Å². The van der Waals surface area contributed by atoms with E-state index in [1.165, 1.54) is 38.5 Å². The topological polar surface area (TPSA) is 68.0 Å². The maximum Gasteiger partial charge on any atom is 0.157 e. The van der Waals surface area contributed by atoms with Gasteiger partial charge in [-0.2, -0.15) is 5.10 Å². The van der Waals surface area contributed by atoms with E-state index < -0.39 is 5.60 Å². The van der Waals surface area contributed by atoms with Crippen molar-refractivity contribution >= 4 is 16.8 Å². The van der Waals surface area contributed by atoms with E-state index >= 15 is 0 Å². The predicted molar refractivity (Wildman–Crippen MR) is 128 cm³/mol. The van der Waals surface area contributed by atoms with Crippen LogP contribution in [0.1, 0.15) is 78.1 Å². The van der Waals surface area contributed by atoms with Gasteiger partial charge in [-0.3, -0.25) is 14.5 Å². The summed E-state index contributed by atoms with van der Waals surface area (Å²) in [5.74, 6) is 4.35. The summed E-state index contributed by atoms with van der Waals surface area (Å²) in [6.07, 6.45) is 15.1. The van der Waals surface area contributed by atoms with Crippen molar-refractivity contribution in [2.75, 3.05) is 0 Å². The minimum absolute atomic E-state index is 0.148. The van der Waals surface area contributed by atoms with Gasteiger partial charge < -0.3 is 5.11 Å². The summed E-state index contributed by atoms with van der Waals surface area (Å²) in [6.45, 7) is 4.96. The largest absolute Gasteiger partial charge is 0.390 e. The van der Waals surface area contributed by atoms with Gasteiger partial charge >= 0.3 is 0 Å². The van der Waals surface area contributed by atoms with E-state index in [9.17, 15) is 9.90 Å². The van der Waals surface area contributed by atoms with Crippen LogP contribution in [-0.4, -0.2) is 31.3 Å². The average molecular weight is 450 g/mol. The first-order valence-corrected chi connectivity index (χ1v) is 13.4. The standard InChI is InChI=1S/C28H39N3O2/c1-3-28(33)13-11-19-18(15-28)6-7-21-20(19)10-12-27(2)22(21)8-9-23(27)26(32)17-31-16-25-24(30-31)5-4-14-29-25/h4-5,14,16,18-23,33H,3,6-13,15,17H2,1-2H3. The molecule has 2 aromatic heterocycles. The van der Waals surface area contributed by atoms with Crippen LogP contribution in [0, 0.1) is 40.9 Å². The first-order valence-electron chi connectivity index (χ1n) is 13.4. The van der Waals surface area contributed by atoms with Gasteiger partial charge in [0.2, 0.25) is 0 Å². The zero-order valence-corrected chi connectivity index (χ0v) is 20.2. The summed E-state index contributed by atoms with van der Waals surface area (Å²) >= 11 is 0. The number of Topliss-reactive ketones (excluding diaryl/α,β-unsaturated/α-hetero) is 1. The van der Waals surface area contributed by atoms with E-state index in [2.05, 4.69) is 23.9 Å². The number of hydrogen-bond acceptors (Lipinski definition) is 4. The van der Waals surface area contributed by atoms with Crippen molar-refractivity contribution in [3.05, 3.63) is 24.5 Å². The Morgan fingerprint density at radius 2 is 1.94 bits per heavy atom. The monoisotopic (exact) mass is 449 g/mol. The van der Waals surface area contributed by atoms with Crippen LogP contribution < -0.4 is 0 Å². The second-order valence-electron chi connectivity index (χ2n) is 12.1. The average Bonchev–Trinajstić information content (AvgIpc) is 3.38. The molecule has 8 unspecified atom stereocenters. The number of hydrogen-bond donors (Lipinski definition) is 1. The molecule has 33 heavy (non-hydrogen) atoms. The van der Waals surface area contributed by atoms with Crippen LogP contribution in [0.25, 0.3) is 11.0 Å². The Balaban J connectivity index is 1.17. The van der Waals surface area contributed by atoms with Crippen LogP contribution in [0.2, 0.25) is 0 Å². The molecular formula is C28H39N3O2.